The Morgan fingerprint density at radius 3 is 2.20 bits per heavy atom. The SMILES string of the molecule is CC(C)(C)CC(=O)N(C1CCCC1)C1CC(=O)N(c2ccc(S(N)(=O)=O)cc2)C1=O. The van der Waals surface area contributed by atoms with Crippen LogP contribution in [0.15, 0.2) is 29.2 Å². The van der Waals surface area contributed by atoms with Crippen LogP contribution in [0.4, 0.5) is 5.69 Å². The molecule has 0 radical (unpaired) electrons. The minimum atomic E-state index is -3.88. The van der Waals surface area contributed by atoms with E-state index in [-0.39, 0.29) is 34.4 Å². The lowest BCUT2D eigenvalue weighted by Gasteiger charge is -2.35. The molecule has 164 valence electrons. The molecule has 1 aliphatic heterocycles. The van der Waals surface area contributed by atoms with Gasteiger partial charge in [-0.05, 0) is 42.5 Å². The van der Waals surface area contributed by atoms with Crippen LogP contribution in [0.2, 0.25) is 0 Å². The fraction of sp³-hybridized carbons (Fsp3) is 0.571. The van der Waals surface area contributed by atoms with E-state index in [9.17, 15) is 22.8 Å². The first-order valence-corrected chi connectivity index (χ1v) is 11.7. The molecule has 2 N–H and O–H groups in total. The number of hydrogen-bond acceptors (Lipinski definition) is 5. The lowest BCUT2D eigenvalue weighted by Crippen LogP contribution is -2.50. The topological polar surface area (TPSA) is 118 Å². The maximum absolute atomic E-state index is 13.2. The molecule has 1 unspecified atom stereocenters. The van der Waals surface area contributed by atoms with Gasteiger partial charge in [-0.25, -0.2) is 18.5 Å². The van der Waals surface area contributed by atoms with Gasteiger partial charge in [-0.1, -0.05) is 33.6 Å². The molecule has 0 spiro atoms. The Kier molecular flexibility index (Phi) is 6.06. The summed E-state index contributed by atoms with van der Waals surface area (Å²) in [5.74, 6) is -0.954. The Morgan fingerprint density at radius 1 is 1.13 bits per heavy atom. The van der Waals surface area contributed by atoms with E-state index in [4.69, 9.17) is 5.14 Å². The van der Waals surface area contributed by atoms with E-state index in [1.54, 1.807) is 4.90 Å². The van der Waals surface area contributed by atoms with Crippen LogP contribution in [-0.4, -0.2) is 43.1 Å². The Bertz CT molecular complexity index is 944. The largest absolute Gasteiger partial charge is 0.327 e. The first-order valence-electron chi connectivity index (χ1n) is 10.2. The molecule has 3 amide bonds. The van der Waals surface area contributed by atoms with Gasteiger partial charge in [0.15, 0.2) is 0 Å². The van der Waals surface area contributed by atoms with Gasteiger partial charge in [0.2, 0.25) is 21.8 Å². The van der Waals surface area contributed by atoms with E-state index in [0.717, 1.165) is 30.6 Å². The number of hydrogen-bond donors (Lipinski definition) is 1. The number of nitrogens with two attached hydrogens (primary N) is 1. The molecule has 1 aliphatic carbocycles. The van der Waals surface area contributed by atoms with Crippen LogP contribution in [0.25, 0.3) is 0 Å². The average molecular weight is 436 g/mol. The summed E-state index contributed by atoms with van der Waals surface area (Å²) in [5, 5.41) is 5.11. The summed E-state index contributed by atoms with van der Waals surface area (Å²) >= 11 is 0. The number of imide groups is 1. The molecule has 8 nitrogen and oxygen atoms in total. The van der Waals surface area contributed by atoms with Gasteiger partial charge < -0.3 is 4.90 Å². The molecule has 9 heteroatoms. The maximum Gasteiger partial charge on any atom is 0.257 e. The molecule has 1 aromatic rings. The van der Waals surface area contributed by atoms with E-state index in [0.29, 0.717) is 6.42 Å². The highest BCUT2D eigenvalue weighted by Gasteiger charge is 2.47. The van der Waals surface area contributed by atoms with Crippen molar-refractivity contribution in [3.8, 4) is 0 Å². The first kappa shape index (κ1) is 22.4. The van der Waals surface area contributed by atoms with Crippen LogP contribution in [0.5, 0.6) is 0 Å². The first-order chi connectivity index (χ1) is 13.9. The lowest BCUT2D eigenvalue weighted by molar-refractivity contribution is -0.142. The molecule has 2 fully saturated rings. The van der Waals surface area contributed by atoms with E-state index >= 15 is 0 Å². The molecule has 0 aromatic heterocycles. The predicted octanol–water partition coefficient (Wildman–Crippen LogP) is 2.17. The fourth-order valence-electron chi connectivity index (χ4n) is 4.25. The van der Waals surface area contributed by atoms with Crippen LogP contribution in [0, 0.1) is 5.41 Å². The van der Waals surface area contributed by atoms with Gasteiger partial charge in [0.25, 0.3) is 5.91 Å². The van der Waals surface area contributed by atoms with Crippen molar-refractivity contribution >= 4 is 33.4 Å². The minimum absolute atomic E-state index is 0.0358. The Hall–Kier alpha value is -2.26. The minimum Gasteiger partial charge on any atom is -0.327 e. The van der Waals surface area contributed by atoms with Gasteiger partial charge in [-0.2, -0.15) is 0 Å². The van der Waals surface area contributed by atoms with Crippen LogP contribution in [0.3, 0.4) is 0 Å². The predicted molar refractivity (Wildman–Crippen MR) is 112 cm³/mol. The number of sulfonamides is 1. The molecular weight excluding hydrogens is 406 g/mol. The molecule has 1 heterocycles. The normalized spacial score (nSPS) is 20.8. The van der Waals surface area contributed by atoms with Crippen molar-refractivity contribution in [3.05, 3.63) is 24.3 Å². The van der Waals surface area contributed by atoms with E-state index in [1.165, 1.54) is 24.3 Å². The number of anilines is 1. The monoisotopic (exact) mass is 435 g/mol. The van der Waals surface area contributed by atoms with Crippen molar-refractivity contribution in [1.82, 2.24) is 4.90 Å². The molecule has 30 heavy (non-hydrogen) atoms. The number of primary sulfonamides is 1. The average Bonchev–Trinajstić information content (AvgIpc) is 3.22. The van der Waals surface area contributed by atoms with Crippen molar-refractivity contribution < 1.29 is 22.8 Å². The van der Waals surface area contributed by atoms with E-state index in [1.807, 2.05) is 20.8 Å². The summed E-state index contributed by atoms with van der Waals surface area (Å²) < 4.78 is 22.9. The number of amides is 3. The van der Waals surface area contributed by atoms with Crippen LogP contribution in [0.1, 0.15) is 59.3 Å². The van der Waals surface area contributed by atoms with Gasteiger partial charge in [0, 0.05) is 12.5 Å². The Morgan fingerprint density at radius 2 is 1.70 bits per heavy atom. The molecule has 1 saturated carbocycles. The Labute approximate surface area is 177 Å². The highest BCUT2D eigenvalue weighted by Crippen LogP contribution is 2.33. The number of nitrogens with zero attached hydrogens (tertiary/aromatic N) is 2. The summed E-state index contributed by atoms with van der Waals surface area (Å²) in [5.41, 5.74) is 0.0394. The van der Waals surface area contributed by atoms with Gasteiger partial charge >= 0.3 is 0 Å². The smallest absolute Gasteiger partial charge is 0.257 e. The van der Waals surface area contributed by atoms with Gasteiger partial charge in [-0.15, -0.1) is 0 Å². The fourth-order valence-corrected chi connectivity index (χ4v) is 4.76. The number of carbonyl (C=O) groups excluding carboxylic acids is 3. The zero-order valence-electron chi connectivity index (χ0n) is 17.6. The standard InChI is InChI=1S/C21H29N3O5S/c1-21(2,3)13-19(26)23(14-6-4-5-7-14)17-12-18(25)24(20(17)27)15-8-10-16(11-9-15)30(22,28)29/h8-11,14,17H,4-7,12-13H2,1-3H3,(H2,22,28,29). The third-order valence-electron chi connectivity index (χ3n) is 5.57. The third-order valence-corrected chi connectivity index (χ3v) is 6.50. The summed E-state index contributed by atoms with van der Waals surface area (Å²) in [6.45, 7) is 5.91. The summed E-state index contributed by atoms with van der Waals surface area (Å²) in [4.78, 5) is 41.7. The maximum atomic E-state index is 13.2. The van der Waals surface area contributed by atoms with Gasteiger partial charge in [0.1, 0.15) is 6.04 Å². The van der Waals surface area contributed by atoms with Gasteiger partial charge in [0.05, 0.1) is 17.0 Å². The second-order valence-electron chi connectivity index (χ2n) is 9.30. The van der Waals surface area contributed by atoms with Gasteiger partial charge in [-0.3, -0.25) is 14.4 Å². The molecule has 1 atom stereocenters. The highest BCUT2D eigenvalue weighted by atomic mass is 32.2. The number of carbonyl (C=O) groups is 3. The molecule has 0 bridgehead atoms. The van der Waals surface area contributed by atoms with Crippen molar-refractivity contribution in [2.75, 3.05) is 4.90 Å². The molecular formula is C21H29N3O5S. The molecule has 3 rings (SSSR count). The van der Waals surface area contributed by atoms with E-state index in [2.05, 4.69) is 0 Å². The zero-order chi connectivity index (χ0) is 22.3. The summed E-state index contributed by atoms with van der Waals surface area (Å²) in [6.07, 6.45) is 3.88. The van der Waals surface area contributed by atoms with E-state index < -0.39 is 27.9 Å². The lowest BCUT2D eigenvalue weighted by atomic mass is 9.90. The molecule has 2 aliphatic rings. The molecule has 1 aromatic carbocycles. The summed E-state index contributed by atoms with van der Waals surface area (Å²) in [7, 11) is -3.88. The van der Waals surface area contributed by atoms with Crippen molar-refractivity contribution in [1.29, 1.82) is 0 Å². The van der Waals surface area contributed by atoms with Crippen molar-refractivity contribution in [2.24, 2.45) is 10.6 Å². The van der Waals surface area contributed by atoms with Crippen LogP contribution >= 0.6 is 0 Å². The quantitative estimate of drug-likeness (QED) is 0.711. The van der Waals surface area contributed by atoms with Crippen LogP contribution in [-0.2, 0) is 24.4 Å². The second kappa shape index (κ2) is 8.11. The molecule has 1 saturated heterocycles. The number of benzene rings is 1. The third kappa shape index (κ3) is 4.73. The zero-order valence-corrected chi connectivity index (χ0v) is 18.4. The Balaban J connectivity index is 1.89. The summed E-state index contributed by atoms with van der Waals surface area (Å²) in [6, 6.07) is 4.43. The van der Waals surface area contributed by atoms with Crippen molar-refractivity contribution in [3.63, 3.8) is 0 Å². The second-order valence-corrected chi connectivity index (χ2v) is 10.9. The van der Waals surface area contributed by atoms with Crippen molar-refractivity contribution in [2.45, 2.75) is 76.3 Å². The highest BCUT2D eigenvalue weighted by molar-refractivity contribution is 7.89. The number of rotatable bonds is 5. The van der Waals surface area contributed by atoms with Crippen LogP contribution < -0.4 is 10.0 Å².